The summed E-state index contributed by atoms with van der Waals surface area (Å²) in [6.07, 6.45) is 1.08. The van der Waals surface area contributed by atoms with Gasteiger partial charge in [-0.3, -0.25) is 4.79 Å². The second kappa shape index (κ2) is 10.2. The number of carbonyl (C=O) groups excluding carboxylic acids is 1. The first kappa shape index (κ1) is 23.8. The van der Waals surface area contributed by atoms with Crippen LogP contribution in [0.1, 0.15) is 38.5 Å². The third-order valence-electron chi connectivity index (χ3n) is 5.39. The number of sulfonamides is 1. The lowest BCUT2D eigenvalue weighted by Gasteiger charge is -2.31. The molecule has 1 aromatic rings. The van der Waals surface area contributed by atoms with Gasteiger partial charge >= 0.3 is 6.18 Å². The zero-order valence-electron chi connectivity index (χ0n) is 17.3. The molecule has 7 nitrogen and oxygen atoms in total. The summed E-state index contributed by atoms with van der Waals surface area (Å²) in [4.78, 5) is 14.3. The van der Waals surface area contributed by atoms with Gasteiger partial charge in [-0.25, -0.2) is 8.42 Å². The molecular formula is C20H28F3N3O4S. The van der Waals surface area contributed by atoms with Crippen molar-refractivity contribution in [2.45, 2.75) is 49.6 Å². The van der Waals surface area contributed by atoms with E-state index in [2.05, 4.69) is 10.1 Å². The molecule has 2 fully saturated rings. The fourth-order valence-corrected chi connectivity index (χ4v) is 5.43. The molecule has 0 spiro atoms. The molecule has 31 heavy (non-hydrogen) atoms. The van der Waals surface area contributed by atoms with Crippen LogP contribution in [0.15, 0.2) is 23.1 Å². The number of hydrogen-bond acceptors (Lipinski definition) is 5. The smallest absolute Gasteiger partial charge is 0.370 e. The van der Waals surface area contributed by atoms with Crippen molar-refractivity contribution in [2.24, 2.45) is 0 Å². The molecule has 2 aliphatic rings. The maximum absolute atomic E-state index is 13.0. The van der Waals surface area contributed by atoms with Crippen LogP contribution in [0.25, 0.3) is 0 Å². The summed E-state index contributed by atoms with van der Waals surface area (Å²) < 4.78 is 68.8. The SMILES string of the molecule is O=C(COCC(F)(F)F)Nc1cc(S(=O)(=O)N2CCCCC2)ccc1N1CCCCC1. The van der Waals surface area contributed by atoms with Gasteiger partial charge in [0.2, 0.25) is 15.9 Å². The number of halogens is 3. The van der Waals surface area contributed by atoms with E-state index in [0.29, 0.717) is 18.8 Å². The minimum absolute atomic E-state index is 0.0571. The first-order chi connectivity index (χ1) is 14.7. The van der Waals surface area contributed by atoms with Gasteiger partial charge in [-0.15, -0.1) is 0 Å². The van der Waals surface area contributed by atoms with Crippen molar-refractivity contribution >= 4 is 27.3 Å². The molecule has 0 radical (unpaired) electrons. The maximum Gasteiger partial charge on any atom is 0.411 e. The van der Waals surface area contributed by atoms with E-state index in [9.17, 15) is 26.4 Å². The molecule has 0 atom stereocenters. The Hall–Kier alpha value is -1.85. The van der Waals surface area contributed by atoms with Crippen molar-refractivity contribution in [3.05, 3.63) is 18.2 Å². The van der Waals surface area contributed by atoms with Gasteiger partial charge < -0.3 is 15.0 Å². The molecule has 11 heteroatoms. The fraction of sp³-hybridized carbons (Fsp3) is 0.650. The van der Waals surface area contributed by atoms with Crippen molar-refractivity contribution in [3.63, 3.8) is 0 Å². The topological polar surface area (TPSA) is 78.9 Å². The van der Waals surface area contributed by atoms with E-state index in [1.165, 1.54) is 16.4 Å². The summed E-state index contributed by atoms with van der Waals surface area (Å²) >= 11 is 0. The van der Waals surface area contributed by atoms with Crippen molar-refractivity contribution < 1.29 is 31.1 Å². The number of hydrogen-bond donors (Lipinski definition) is 1. The Morgan fingerprint density at radius 3 is 2.23 bits per heavy atom. The number of carbonyl (C=O) groups is 1. The lowest BCUT2D eigenvalue weighted by Crippen LogP contribution is -2.36. The maximum atomic E-state index is 13.0. The van der Waals surface area contributed by atoms with E-state index in [0.717, 1.165) is 51.6 Å². The van der Waals surface area contributed by atoms with Gasteiger partial charge in [0.1, 0.15) is 13.2 Å². The fourth-order valence-electron chi connectivity index (χ4n) is 3.89. The Kier molecular flexibility index (Phi) is 7.82. The number of piperidine rings is 2. The third kappa shape index (κ3) is 6.56. The molecule has 2 heterocycles. The molecule has 0 saturated carbocycles. The Morgan fingerprint density at radius 2 is 1.61 bits per heavy atom. The van der Waals surface area contributed by atoms with Gasteiger partial charge in [-0.1, -0.05) is 6.42 Å². The third-order valence-corrected chi connectivity index (χ3v) is 7.29. The zero-order valence-corrected chi connectivity index (χ0v) is 18.1. The molecule has 3 rings (SSSR count). The van der Waals surface area contributed by atoms with Gasteiger partial charge in [0, 0.05) is 26.2 Å². The van der Waals surface area contributed by atoms with Crippen LogP contribution in [0.4, 0.5) is 24.5 Å². The quantitative estimate of drug-likeness (QED) is 0.671. The van der Waals surface area contributed by atoms with E-state index >= 15 is 0 Å². The minimum Gasteiger partial charge on any atom is -0.370 e. The summed E-state index contributed by atoms with van der Waals surface area (Å²) in [5.41, 5.74) is 0.919. The number of alkyl halides is 3. The van der Waals surface area contributed by atoms with E-state index in [4.69, 9.17) is 0 Å². The molecule has 0 bridgehead atoms. The molecule has 0 aromatic heterocycles. The molecular weight excluding hydrogens is 435 g/mol. The van der Waals surface area contributed by atoms with Crippen LogP contribution in [-0.2, 0) is 19.6 Å². The van der Waals surface area contributed by atoms with E-state index in [-0.39, 0.29) is 10.6 Å². The van der Waals surface area contributed by atoms with Gasteiger partial charge in [-0.05, 0) is 50.3 Å². The van der Waals surface area contributed by atoms with Gasteiger partial charge in [0.05, 0.1) is 16.3 Å². The molecule has 0 unspecified atom stereocenters. The Labute approximate surface area is 180 Å². The Bertz CT molecular complexity index is 865. The van der Waals surface area contributed by atoms with Crippen molar-refractivity contribution in [3.8, 4) is 0 Å². The predicted octanol–water partition coefficient (Wildman–Crippen LogP) is 3.37. The summed E-state index contributed by atoms with van der Waals surface area (Å²) in [6, 6.07) is 4.59. The first-order valence-electron chi connectivity index (χ1n) is 10.5. The van der Waals surface area contributed by atoms with Crippen molar-refractivity contribution in [2.75, 3.05) is 49.6 Å². The molecule has 2 saturated heterocycles. The number of rotatable bonds is 7. The van der Waals surface area contributed by atoms with E-state index < -0.39 is 35.3 Å². The number of nitrogens with zero attached hydrogens (tertiary/aromatic N) is 2. The number of ether oxygens (including phenoxy) is 1. The number of anilines is 2. The highest BCUT2D eigenvalue weighted by atomic mass is 32.2. The van der Waals surface area contributed by atoms with Crippen LogP contribution < -0.4 is 10.2 Å². The predicted molar refractivity (Wildman–Crippen MR) is 111 cm³/mol. The lowest BCUT2D eigenvalue weighted by molar-refractivity contribution is -0.174. The first-order valence-corrected chi connectivity index (χ1v) is 11.9. The van der Waals surface area contributed by atoms with Gasteiger partial charge in [0.25, 0.3) is 0 Å². The molecule has 2 aliphatic heterocycles. The van der Waals surface area contributed by atoms with Crippen LogP contribution in [0, 0.1) is 0 Å². The van der Waals surface area contributed by atoms with Gasteiger partial charge in [0.15, 0.2) is 0 Å². The van der Waals surface area contributed by atoms with Crippen LogP contribution >= 0.6 is 0 Å². The second-order valence-electron chi connectivity index (χ2n) is 7.85. The van der Waals surface area contributed by atoms with E-state index in [1.54, 1.807) is 6.07 Å². The van der Waals surface area contributed by atoms with E-state index in [1.807, 2.05) is 4.90 Å². The van der Waals surface area contributed by atoms with Crippen LogP contribution in [0.3, 0.4) is 0 Å². The summed E-state index contributed by atoms with van der Waals surface area (Å²) in [7, 11) is -3.72. The normalized spacial score (nSPS) is 18.7. The standard InChI is InChI=1S/C20H28F3N3O4S/c21-20(22,23)15-30-14-19(27)24-17-13-16(31(28,29)26-11-5-2-6-12-26)7-8-18(17)25-9-3-1-4-10-25/h7-8,13H,1-6,9-12,14-15H2,(H,24,27). The Morgan fingerprint density at radius 1 is 1.00 bits per heavy atom. The number of benzene rings is 1. The Balaban J connectivity index is 1.82. The summed E-state index contributed by atoms with van der Waals surface area (Å²) in [6.45, 7) is 0.106. The lowest BCUT2D eigenvalue weighted by atomic mass is 10.1. The second-order valence-corrected chi connectivity index (χ2v) is 9.79. The molecule has 1 N–H and O–H groups in total. The average Bonchev–Trinajstić information content (AvgIpc) is 2.74. The largest absolute Gasteiger partial charge is 0.411 e. The number of nitrogens with one attached hydrogen (secondary N) is 1. The molecule has 0 aliphatic carbocycles. The monoisotopic (exact) mass is 463 g/mol. The van der Waals surface area contributed by atoms with Gasteiger partial charge in [-0.2, -0.15) is 17.5 Å². The molecule has 1 aromatic carbocycles. The van der Waals surface area contributed by atoms with Crippen molar-refractivity contribution in [1.29, 1.82) is 0 Å². The van der Waals surface area contributed by atoms with Crippen LogP contribution in [0.5, 0.6) is 0 Å². The highest BCUT2D eigenvalue weighted by Gasteiger charge is 2.29. The summed E-state index contributed by atoms with van der Waals surface area (Å²) in [5, 5.41) is 2.55. The summed E-state index contributed by atoms with van der Waals surface area (Å²) in [5.74, 6) is -0.768. The highest BCUT2D eigenvalue weighted by molar-refractivity contribution is 7.89. The van der Waals surface area contributed by atoms with Crippen molar-refractivity contribution in [1.82, 2.24) is 4.31 Å². The number of amides is 1. The minimum atomic E-state index is -4.53. The zero-order chi connectivity index (χ0) is 22.5. The van der Waals surface area contributed by atoms with Crippen LogP contribution in [0.2, 0.25) is 0 Å². The molecule has 1 amide bonds. The highest BCUT2D eigenvalue weighted by Crippen LogP contribution is 2.32. The average molecular weight is 464 g/mol. The van der Waals surface area contributed by atoms with Crippen LogP contribution in [-0.4, -0.2) is 64.2 Å². The molecule has 174 valence electrons.